The van der Waals surface area contributed by atoms with Crippen molar-refractivity contribution in [1.82, 2.24) is 9.97 Å². The van der Waals surface area contributed by atoms with Gasteiger partial charge in [0.15, 0.2) is 0 Å². The molecule has 0 saturated carbocycles. The Bertz CT molecular complexity index is 859. The Morgan fingerprint density at radius 2 is 1.62 bits per heavy atom. The van der Waals surface area contributed by atoms with Gasteiger partial charge in [0.25, 0.3) is 0 Å². The predicted molar refractivity (Wildman–Crippen MR) is 109 cm³/mol. The lowest BCUT2D eigenvalue weighted by Crippen LogP contribution is -2.32. The lowest BCUT2D eigenvalue weighted by Gasteiger charge is -2.27. The summed E-state index contributed by atoms with van der Waals surface area (Å²) in [7, 11) is 0. The van der Waals surface area contributed by atoms with Crippen LogP contribution in [0.1, 0.15) is 30.7 Å². The minimum atomic E-state index is 0.295. The molecule has 3 rings (SSSR count). The molecular formula is C22H26N4. The van der Waals surface area contributed by atoms with Gasteiger partial charge in [0, 0.05) is 30.0 Å². The third kappa shape index (κ3) is 4.39. The van der Waals surface area contributed by atoms with Crippen LogP contribution in [0.25, 0.3) is 0 Å². The molecule has 0 fully saturated rings. The van der Waals surface area contributed by atoms with Crippen LogP contribution < -0.4 is 10.2 Å². The van der Waals surface area contributed by atoms with Crippen LogP contribution in [0.3, 0.4) is 0 Å². The van der Waals surface area contributed by atoms with Gasteiger partial charge in [-0.15, -0.1) is 0 Å². The second-order valence-corrected chi connectivity index (χ2v) is 6.84. The van der Waals surface area contributed by atoms with E-state index in [1.165, 1.54) is 11.1 Å². The Balaban J connectivity index is 1.90. The van der Waals surface area contributed by atoms with E-state index in [0.717, 1.165) is 29.7 Å². The van der Waals surface area contributed by atoms with Crippen LogP contribution in [0, 0.1) is 13.8 Å². The first-order valence-electron chi connectivity index (χ1n) is 9.02. The largest absolute Gasteiger partial charge is 0.340 e. The lowest BCUT2D eigenvalue weighted by atomic mass is 10.2. The monoisotopic (exact) mass is 346 g/mol. The van der Waals surface area contributed by atoms with Crippen LogP contribution >= 0.6 is 0 Å². The zero-order valence-corrected chi connectivity index (χ0v) is 15.9. The first-order chi connectivity index (χ1) is 12.5. The van der Waals surface area contributed by atoms with Gasteiger partial charge in [-0.25, -0.2) is 4.98 Å². The van der Waals surface area contributed by atoms with Gasteiger partial charge < -0.3 is 10.2 Å². The molecule has 0 aliphatic rings. The summed E-state index contributed by atoms with van der Waals surface area (Å²) in [6, 6.07) is 20.9. The molecule has 0 amide bonds. The summed E-state index contributed by atoms with van der Waals surface area (Å²) in [5, 5.41) is 3.43. The number of rotatable bonds is 6. The van der Waals surface area contributed by atoms with Crippen LogP contribution in [-0.2, 0) is 6.54 Å². The second kappa shape index (κ2) is 8.00. The van der Waals surface area contributed by atoms with Crippen molar-refractivity contribution >= 4 is 17.5 Å². The van der Waals surface area contributed by atoms with E-state index in [1.807, 2.05) is 31.2 Å². The standard InChI is InChI=1S/C22H26N4/c1-16(2)26(15-19-11-6-5-7-12-19)22-23-18(4)14-21(25-22)24-20-13-9-8-10-17(20)3/h5-14,16H,15H2,1-4H3,(H,23,24,25). The first kappa shape index (κ1) is 17.9. The van der Waals surface area contributed by atoms with E-state index in [9.17, 15) is 0 Å². The van der Waals surface area contributed by atoms with Crippen LogP contribution in [0.15, 0.2) is 60.7 Å². The Morgan fingerprint density at radius 3 is 2.31 bits per heavy atom. The zero-order valence-electron chi connectivity index (χ0n) is 15.9. The number of anilines is 3. The zero-order chi connectivity index (χ0) is 18.5. The molecule has 3 aromatic rings. The van der Waals surface area contributed by atoms with Crippen molar-refractivity contribution in [2.45, 2.75) is 40.3 Å². The highest BCUT2D eigenvalue weighted by molar-refractivity contribution is 5.61. The summed E-state index contributed by atoms with van der Waals surface area (Å²) in [6.07, 6.45) is 0. The highest BCUT2D eigenvalue weighted by Gasteiger charge is 2.16. The van der Waals surface area contributed by atoms with E-state index >= 15 is 0 Å². The number of aromatic nitrogens is 2. The third-order valence-electron chi connectivity index (χ3n) is 4.33. The molecule has 1 aromatic heterocycles. The molecule has 0 bridgehead atoms. The molecule has 0 unspecified atom stereocenters. The fourth-order valence-electron chi connectivity index (χ4n) is 2.86. The highest BCUT2D eigenvalue weighted by Crippen LogP contribution is 2.23. The number of nitrogens with zero attached hydrogens (tertiary/aromatic N) is 3. The van der Waals surface area contributed by atoms with Crippen molar-refractivity contribution < 1.29 is 0 Å². The van der Waals surface area contributed by atoms with Crippen molar-refractivity contribution in [1.29, 1.82) is 0 Å². The van der Waals surface area contributed by atoms with E-state index in [-0.39, 0.29) is 0 Å². The number of aryl methyl sites for hydroxylation is 2. The quantitative estimate of drug-likeness (QED) is 0.661. The van der Waals surface area contributed by atoms with Crippen molar-refractivity contribution in [2.24, 2.45) is 0 Å². The summed E-state index contributed by atoms with van der Waals surface area (Å²) in [6.45, 7) is 9.22. The van der Waals surface area contributed by atoms with Crippen molar-refractivity contribution in [2.75, 3.05) is 10.2 Å². The van der Waals surface area contributed by atoms with Gasteiger partial charge in [0.1, 0.15) is 5.82 Å². The van der Waals surface area contributed by atoms with Gasteiger partial charge in [-0.05, 0) is 44.9 Å². The van der Waals surface area contributed by atoms with Crippen molar-refractivity contribution in [3.8, 4) is 0 Å². The Morgan fingerprint density at radius 1 is 0.923 bits per heavy atom. The average molecular weight is 346 g/mol. The maximum atomic E-state index is 4.79. The number of hydrogen-bond acceptors (Lipinski definition) is 4. The minimum Gasteiger partial charge on any atom is -0.340 e. The van der Waals surface area contributed by atoms with Crippen LogP contribution in [0.4, 0.5) is 17.5 Å². The predicted octanol–water partition coefficient (Wildman–Crippen LogP) is 5.25. The van der Waals surface area contributed by atoms with Gasteiger partial charge in [0.05, 0.1) is 0 Å². The van der Waals surface area contributed by atoms with Gasteiger partial charge in [-0.1, -0.05) is 48.5 Å². The second-order valence-electron chi connectivity index (χ2n) is 6.84. The minimum absolute atomic E-state index is 0.295. The van der Waals surface area contributed by atoms with E-state index < -0.39 is 0 Å². The molecule has 0 saturated heterocycles. The fraction of sp³-hybridized carbons (Fsp3) is 0.273. The van der Waals surface area contributed by atoms with Crippen LogP contribution in [0.2, 0.25) is 0 Å². The van der Waals surface area contributed by atoms with Crippen molar-refractivity contribution in [3.63, 3.8) is 0 Å². The van der Waals surface area contributed by atoms with Crippen LogP contribution in [0.5, 0.6) is 0 Å². The van der Waals surface area contributed by atoms with Gasteiger partial charge >= 0.3 is 0 Å². The first-order valence-corrected chi connectivity index (χ1v) is 9.02. The fourth-order valence-corrected chi connectivity index (χ4v) is 2.86. The number of nitrogens with one attached hydrogen (secondary N) is 1. The third-order valence-corrected chi connectivity index (χ3v) is 4.33. The molecule has 134 valence electrons. The van der Waals surface area contributed by atoms with E-state index in [2.05, 4.69) is 67.4 Å². The van der Waals surface area contributed by atoms with E-state index in [1.54, 1.807) is 0 Å². The molecule has 0 aliphatic carbocycles. The summed E-state index contributed by atoms with van der Waals surface area (Å²) in [5.41, 5.74) is 4.45. The maximum absolute atomic E-state index is 4.79. The molecule has 4 nitrogen and oxygen atoms in total. The van der Waals surface area contributed by atoms with Crippen LogP contribution in [-0.4, -0.2) is 16.0 Å². The van der Waals surface area contributed by atoms with Gasteiger partial charge in [0.2, 0.25) is 5.95 Å². The lowest BCUT2D eigenvalue weighted by molar-refractivity contribution is 0.659. The highest BCUT2D eigenvalue weighted by atomic mass is 15.3. The van der Waals surface area contributed by atoms with Gasteiger partial charge in [-0.3, -0.25) is 0 Å². The molecule has 26 heavy (non-hydrogen) atoms. The smallest absolute Gasteiger partial charge is 0.228 e. The summed E-state index contributed by atoms with van der Waals surface area (Å²) in [4.78, 5) is 11.7. The Hall–Kier alpha value is -2.88. The number of para-hydroxylation sites is 1. The Kier molecular flexibility index (Phi) is 5.52. The molecule has 0 spiro atoms. The molecule has 0 radical (unpaired) electrons. The summed E-state index contributed by atoms with van der Waals surface area (Å²) >= 11 is 0. The maximum Gasteiger partial charge on any atom is 0.228 e. The van der Waals surface area contributed by atoms with Gasteiger partial charge in [-0.2, -0.15) is 4.98 Å². The molecule has 0 atom stereocenters. The number of benzene rings is 2. The Labute approximate surface area is 155 Å². The number of hydrogen-bond donors (Lipinski definition) is 1. The molecule has 0 aliphatic heterocycles. The van der Waals surface area contributed by atoms with E-state index in [4.69, 9.17) is 9.97 Å². The summed E-state index contributed by atoms with van der Waals surface area (Å²) in [5.74, 6) is 1.57. The van der Waals surface area contributed by atoms with E-state index in [0.29, 0.717) is 6.04 Å². The molecular weight excluding hydrogens is 320 g/mol. The average Bonchev–Trinajstić information content (AvgIpc) is 2.62. The topological polar surface area (TPSA) is 41.1 Å². The molecule has 2 aromatic carbocycles. The summed E-state index contributed by atoms with van der Waals surface area (Å²) < 4.78 is 0. The van der Waals surface area contributed by atoms with Crippen molar-refractivity contribution in [3.05, 3.63) is 77.5 Å². The molecule has 4 heteroatoms. The molecule has 1 heterocycles. The normalized spacial score (nSPS) is 10.8. The SMILES string of the molecule is Cc1cc(Nc2ccccc2C)nc(N(Cc2ccccc2)C(C)C)n1. The molecule has 1 N–H and O–H groups in total.